The maximum atomic E-state index is 11.1. The average Bonchev–Trinajstić information content (AvgIpc) is 2.39. The zero-order valence-corrected chi connectivity index (χ0v) is 12.3. The highest BCUT2D eigenvalue weighted by Gasteiger charge is 2.13. The van der Waals surface area contributed by atoms with E-state index in [9.17, 15) is 4.57 Å². The first-order chi connectivity index (χ1) is 8.70. The fourth-order valence-corrected chi connectivity index (χ4v) is 2.94. The number of halogens is 2. The van der Waals surface area contributed by atoms with Crippen molar-refractivity contribution in [2.24, 2.45) is 0 Å². The first kappa shape index (κ1) is 13.7. The van der Waals surface area contributed by atoms with Gasteiger partial charge in [0.05, 0.1) is 8.46 Å². The van der Waals surface area contributed by atoms with Gasteiger partial charge in [0, 0.05) is 22.1 Å². The summed E-state index contributed by atoms with van der Waals surface area (Å²) in [6.07, 6.45) is 0.656. The lowest BCUT2D eigenvalue weighted by atomic mass is 9.93. The van der Waals surface area contributed by atoms with Crippen LogP contribution < -0.4 is 0 Å². The monoisotopic (exact) mass is 298 g/mol. The summed E-state index contributed by atoms with van der Waals surface area (Å²) >= 11 is 11.8. The van der Waals surface area contributed by atoms with E-state index in [0.717, 1.165) is 11.1 Å². The number of rotatable bonds is 4. The predicted molar refractivity (Wildman–Crippen MR) is 80.0 cm³/mol. The van der Waals surface area contributed by atoms with E-state index in [1.807, 2.05) is 48.5 Å². The van der Waals surface area contributed by atoms with Crippen molar-refractivity contribution >= 4 is 31.7 Å². The van der Waals surface area contributed by atoms with Gasteiger partial charge in [0.2, 0.25) is 0 Å². The Morgan fingerprint density at radius 1 is 0.833 bits per heavy atom. The van der Waals surface area contributed by atoms with Gasteiger partial charge in [0.1, 0.15) is 0 Å². The van der Waals surface area contributed by atoms with Crippen LogP contribution in [0.3, 0.4) is 0 Å². The molecule has 0 N–H and O–H groups in total. The second-order valence-electron chi connectivity index (χ2n) is 4.06. The molecule has 0 aliphatic rings. The van der Waals surface area contributed by atoms with Crippen molar-refractivity contribution in [3.05, 3.63) is 69.7 Å². The summed E-state index contributed by atoms with van der Waals surface area (Å²) in [5.41, 5.74) is 2.26. The van der Waals surface area contributed by atoms with Crippen LogP contribution in [-0.4, -0.2) is 6.16 Å². The molecule has 2 rings (SSSR count). The van der Waals surface area contributed by atoms with Crippen LogP contribution in [0.4, 0.5) is 0 Å². The Balaban J connectivity index is 2.35. The lowest BCUT2D eigenvalue weighted by Crippen LogP contribution is -2.02. The van der Waals surface area contributed by atoms with Crippen molar-refractivity contribution in [2.75, 3.05) is 6.16 Å². The normalized spacial score (nSPS) is 11.5. The van der Waals surface area contributed by atoms with Crippen LogP contribution in [-0.2, 0) is 4.57 Å². The van der Waals surface area contributed by atoms with Crippen LogP contribution in [0.25, 0.3) is 0 Å². The van der Waals surface area contributed by atoms with Crippen molar-refractivity contribution in [1.82, 2.24) is 0 Å². The van der Waals surface area contributed by atoms with Crippen molar-refractivity contribution < 1.29 is 4.57 Å². The van der Waals surface area contributed by atoms with E-state index in [1.54, 1.807) is 0 Å². The molecule has 0 aliphatic carbocycles. The van der Waals surface area contributed by atoms with Crippen LogP contribution >= 0.6 is 31.7 Å². The molecular formula is C14H13Cl2OP. The smallest absolute Gasteiger partial charge is 0.0654 e. The first-order valence-electron chi connectivity index (χ1n) is 5.65. The predicted octanol–water partition coefficient (Wildman–Crippen LogP) is 4.88. The summed E-state index contributed by atoms with van der Waals surface area (Å²) in [6, 6.07) is 15.4. The molecule has 1 atom stereocenters. The molecule has 0 spiro atoms. The van der Waals surface area contributed by atoms with Crippen molar-refractivity contribution in [2.45, 2.75) is 5.92 Å². The maximum Gasteiger partial charge on any atom is 0.0654 e. The molecule has 0 heterocycles. The van der Waals surface area contributed by atoms with Gasteiger partial charge >= 0.3 is 0 Å². The summed E-state index contributed by atoms with van der Waals surface area (Å²) in [6.45, 7) is 0. The van der Waals surface area contributed by atoms with E-state index in [0.29, 0.717) is 16.2 Å². The van der Waals surface area contributed by atoms with Gasteiger partial charge in [-0.2, -0.15) is 0 Å². The minimum atomic E-state index is -0.794. The van der Waals surface area contributed by atoms with E-state index in [1.165, 1.54) is 0 Å². The molecule has 1 unspecified atom stereocenters. The fourth-order valence-electron chi connectivity index (χ4n) is 1.95. The van der Waals surface area contributed by atoms with Gasteiger partial charge in [-0.25, -0.2) is 0 Å². The molecule has 4 heteroatoms. The number of hydrogen-bond acceptors (Lipinski definition) is 1. The van der Waals surface area contributed by atoms with Gasteiger partial charge in [0.25, 0.3) is 0 Å². The van der Waals surface area contributed by atoms with Crippen molar-refractivity contribution in [1.29, 1.82) is 0 Å². The van der Waals surface area contributed by atoms with Gasteiger partial charge in [0.15, 0.2) is 0 Å². The standard InChI is InChI=1S/C14H13Cl2OP/c15-12-5-1-10(2-6-12)14(9-18-17)11-3-7-13(16)8-4-11/h1-8,14H,9,18H2. The molecule has 0 radical (unpaired) electrons. The first-order valence-corrected chi connectivity index (χ1v) is 7.69. The highest BCUT2D eigenvalue weighted by molar-refractivity contribution is 7.23. The summed E-state index contributed by atoms with van der Waals surface area (Å²) in [4.78, 5) is 0. The Morgan fingerprint density at radius 3 is 1.56 bits per heavy atom. The van der Waals surface area contributed by atoms with E-state index in [-0.39, 0.29) is 5.92 Å². The average molecular weight is 299 g/mol. The highest BCUT2D eigenvalue weighted by Crippen LogP contribution is 2.29. The maximum absolute atomic E-state index is 11.1. The second kappa shape index (κ2) is 6.43. The molecule has 0 amide bonds. The number of hydrogen-bond donors (Lipinski definition) is 0. The minimum absolute atomic E-state index is 0.145. The molecule has 94 valence electrons. The zero-order chi connectivity index (χ0) is 13.0. The summed E-state index contributed by atoms with van der Waals surface area (Å²) < 4.78 is 11.1. The van der Waals surface area contributed by atoms with Gasteiger partial charge in [-0.1, -0.05) is 47.5 Å². The SMILES string of the molecule is O=[PH2]CC(c1ccc(Cl)cc1)c1ccc(Cl)cc1. The summed E-state index contributed by atoms with van der Waals surface area (Å²) in [7, 11) is -0.794. The quantitative estimate of drug-likeness (QED) is 0.735. The molecule has 0 bridgehead atoms. The highest BCUT2D eigenvalue weighted by atomic mass is 35.5. The topological polar surface area (TPSA) is 17.1 Å². The Morgan fingerprint density at radius 2 is 1.22 bits per heavy atom. The summed E-state index contributed by atoms with van der Waals surface area (Å²) in [5, 5.41) is 1.42. The Hall–Kier alpha value is -0.750. The molecule has 0 saturated heterocycles. The van der Waals surface area contributed by atoms with E-state index < -0.39 is 8.46 Å². The Kier molecular flexibility index (Phi) is 4.88. The van der Waals surface area contributed by atoms with Gasteiger partial charge < -0.3 is 4.57 Å². The van der Waals surface area contributed by atoms with Crippen LogP contribution in [0, 0.1) is 0 Å². The van der Waals surface area contributed by atoms with Gasteiger partial charge in [-0.05, 0) is 35.4 Å². The molecule has 0 saturated carbocycles. The van der Waals surface area contributed by atoms with Crippen LogP contribution in [0.2, 0.25) is 10.0 Å². The van der Waals surface area contributed by atoms with Gasteiger partial charge in [-0.3, -0.25) is 0 Å². The molecule has 18 heavy (non-hydrogen) atoms. The van der Waals surface area contributed by atoms with Gasteiger partial charge in [-0.15, -0.1) is 0 Å². The van der Waals surface area contributed by atoms with Crippen LogP contribution in [0.5, 0.6) is 0 Å². The molecule has 0 fully saturated rings. The largest absolute Gasteiger partial charge is 0.330 e. The Labute approximate surface area is 118 Å². The number of benzene rings is 2. The third-order valence-corrected chi connectivity index (χ3v) is 4.04. The lowest BCUT2D eigenvalue weighted by Gasteiger charge is -2.15. The van der Waals surface area contributed by atoms with E-state index in [2.05, 4.69) is 0 Å². The third-order valence-electron chi connectivity index (χ3n) is 2.88. The van der Waals surface area contributed by atoms with E-state index in [4.69, 9.17) is 23.2 Å². The molecule has 2 aromatic carbocycles. The summed E-state index contributed by atoms with van der Waals surface area (Å²) in [5.74, 6) is 0.145. The fraction of sp³-hybridized carbons (Fsp3) is 0.143. The molecule has 1 nitrogen and oxygen atoms in total. The van der Waals surface area contributed by atoms with E-state index >= 15 is 0 Å². The molecule has 0 aromatic heterocycles. The third kappa shape index (κ3) is 3.38. The Bertz CT molecular complexity index is 477. The van der Waals surface area contributed by atoms with Crippen LogP contribution in [0.1, 0.15) is 17.0 Å². The molecular weight excluding hydrogens is 286 g/mol. The van der Waals surface area contributed by atoms with Crippen LogP contribution in [0.15, 0.2) is 48.5 Å². The molecule has 2 aromatic rings. The lowest BCUT2D eigenvalue weighted by molar-refractivity contribution is 0.596. The second-order valence-corrected chi connectivity index (χ2v) is 5.74. The zero-order valence-electron chi connectivity index (χ0n) is 9.64. The minimum Gasteiger partial charge on any atom is -0.330 e. The van der Waals surface area contributed by atoms with Crippen molar-refractivity contribution in [3.63, 3.8) is 0 Å². The van der Waals surface area contributed by atoms with Crippen molar-refractivity contribution in [3.8, 4) is 0 Å². The molecule has 0 aliphatic heterocycles.